The van der Waals surface area contributed by atoms with Crippen molar-refractivity contribution in [1.29, 1.82) is 0 Å². The van der Waals surface area contributed by atoms with Gasteiger partial charge in [0.15, 0.2) is 5.67 Å². The van der Waals surface area contributed by atoms with Crippen LogP contribution in [0.25, 0.3) is 10.8 Å². The maximum atomic E-state index is 14.7. The van der Waals surface area contributed by atoms with Crippen molar-refractivity contribution >= 4 is 44.0 Å². The zero-order valence-electron chi connectivity index (χ0n) is 22.1. The van der Waals surface area contributed by atoms with E-state index < -0.39 is 21.6 Å². The smallest absolute Gasteiger partial charge is 0.227 e. The molecule has 0 amide bonds. The Morgan fingerprint density at radius 3 is 2.61 bits per heavy atom. The van der Waals surface area contributed by atoms with Gasteiger partial charge in [0.2, 0.25) is 5.95 Å². The minimum absolute atomic E-state index is 0.0148. The summed E-state index contributed by atoms with van der Waals surface area (Å²) < 4.78 is 38.0. The minimum atomic E-state index is -3.02. The number of sulfone groups is 1. The maximum absolute atomic E-state index is 14.7. The fourth-order valence-electron chi connectivity index (χ4n) is 5.21. The van der Waals surface area contributed by atoms with Crippen molar-refractivity contribution in [3.63, 3.8) is 0 Å². The second-order valence-electron chi connectivity index (χ2n) is 11.0. The molecule has 0 spiro atoms. The molecule has 12 heteroatoms. The Labute approximate surface area is 222 Å². The zero-order valence-corrected chi connectivity index (χ0v) is 22.9. The number of hydrogen-bond acceptors (Lipinski definition) is 10. The van der Waals surface area contributed by atoms with Crippen LogP contribution in [-0.4, -0.2) is 83.4 Å². The van der Waals surface area contributed by atoms with E-state index in [0.717, 1.165) is 22.2 Å². The summed E-state index contributed by atoms with van der Waals surface area (Å²) in [6.45, 7) is 7.39. The number of alkyl halides is 1. The summed E-state index contributed by atoms with van der Waals surface area (Å²) in [5.41, 5.74) is -0.648. The number of nitrogens with zero attached hydrogens (tertiary/aromatic N) is 6. The molecule has 2 aliphatic rings. The maximum Gasteiger partial charge on any atom is 0.227 e. The monoisotopic (exact) mass is 543 g/mol. The average Bonchev–Trinajstić information content (AvgIpc) is 2.81. The van der Waals surface area contributed by atoms with E-state index in [-0.39, 0.29) is 24.1 Å². The molecule has 0 bridgehead atoms. The van der Waals surface area contributed by atoms with Crippen molar-refractivity contribution in [1.82, 2.24) is 19.9 Å². The third-order valence-corrected chi connectivity index (χ3v) is 8.32. The number of anilines is 4. The molecule has 2 saturated heterocycles. The van der Waals surface area contributed by atoms with Gasteiger partial charge in [-0.15, -0.1) is 0 Å². The Morgan fingerprint density at radius 2 is 1.92 bits per heavy atom. The predicted molar refractivity (Wildman–Crippen MR) is 147 cm³/mol. The van der Waals surface area contributed by atoms with Gasteiger partial charge >= 0.3 is 0 Å². The van der Waals surface area contributed by atoms with Gasteiger partial charge in [-0.1, -0.05) is 13.8 Å². The lowest BCUT2D eigenvalue weighted by molar-refractivity contribution is -0.00860. The van der Waals surface area contributed by atoms with Crippen LogP contribution in [0.5, 0.6) is 0 Å². The normalized spacial score (nSPS) is 22.7. The van der Waals surface area contributed by atoms with Gasteiger partial charge in [-0.2, -0.15) is 4.98 Å². The lowest BCUT2D eigenvalue weighted by atomic mass is 9.94. The molecule has 0 aromatic carbocycles. The number of nitrogens with one attached hydrogen (secondary N) is 1. The number of aromatic nitrogens is 4. The molecule has 204 valence electrons. The molecule has 10 nitrogen and oxygen atoms in total. The van der Waals surface area contributed by atoms with Gasteiger partial charge in [0.25, 0.3) is 0 Å². The molecule has 3 aromatic heterocycles. The summed E-state index contributed by atoms with van der Waals surface area (Å²) in [4.78, 5) is 22.1. The third-order valence-electron chi connectivity index (χ3n) is 7.25. The number of aliphatic hydroxyl groups is 1. The minimum Gasteiger partial charge on any atom is -0.390 e. The Balaban J connectivity index is 1.39. The molecule has 0 aliphatic carbocycles. The van der Waals surface area contributed by atoms with Crippen molar-refractivity contribution in [2.75, 3.05) is 53.3 Å². The second-order valence-corrected chi connectivity index (χ2v) is 13.2. The van der Waals surface area contributed by atoms with Crippen LogP contribution in [-0.2, 0) is 9.84 Å². The van der Waals surface area contributed by atoms with Crippen LogP contribution >= 0.6 is 0 Å². The molecule has 2 atom stereocenters. The zero-order chi connectivity index (χ0) is 27.2. The van der Waals surface area contributed by atoms with E-state index in [1.54, 1.807) is 23.4 Å². The van der Waals surface area contributed by atoms with Gasteiger partial charge in [0.1, 0.15) is 27.3 Å². The van der Waals surface area contributed by atoms with Crippen LogP contribution < -0.4 is 15.1 Å². The quantitative estimate of drug-likeness (QED) is 0.459. The van der Waals surface area contributed by atoms with Gasteiger partial charge in [-0.25, -0.2) is 27.8 Å². The van der Waals surface area contributed by atoms with Crippen LogP contribution in [0.4, 0.5) is 27.8 Å². The van der Waals surface area contributed by atoms with Gasteiger partial charge in [0.05, 0.1) is 18.4 Å². The van der Waals surface area contributed by atoms with Crippen molar-refractivity contribution in [2.45, 2.75) is 44.9 Å². The largest absolute Gasteiger partial charge is 0.390 e. The molecule has 2 fully saturated rings. The Morgan fingerprint density at radius 1 is 1.16 bits per heavy atom. The highest BCUT2D eigenvalue weighted by atomic mass is 32.2. The van der Waals surface area contributed by atoms with Crippen LogP contribution in [0.3, 0.4) is 0 Å². The number of pyridine rings is 2. The first-order chi connectivity index (χ1) is 17.9. The van der Waals surface area contributed by atoms with E-state index in [1.165, 1.54) is 13.2 Å². The first-order valence-electron chi connectivity index (χ1n) is 12.8. The third kappa shape index (κ3) is 5.51. The van der Waals surface area contributed by atoms with E-state index >= 15 is 0 Å². The number of rotatable bonds is 7. The Hall–Kier alpha value is -3.12. The van der Waals surface area contributed by atoms with E-state index in [1.807, 2.05) is 12.3 Å². The lowest BCUT2D eigenvalue weighted by Crippen LogP contribution is -2.52. The topological polar surface area (TPSA) is 124 Å². The Bertz CT molecular complexity index is 1440. The fourth-order valence-corrected chi connectivity index (χ4v) is 6.28. The van der Waals surface area contributed by atoms with E-state index in [4.69, 9.17) is 4.98 Å². The SMILES string of the molecule is CC(C)c1cnc(N2CC(CS(C)(=O)=O)C2)c2cnc(Nc3ccnc(N4CC[C@@H](O)[C@@](C)(F)C4)n3)cc12. The van der Waals surface area contributed by atoms with Crippen molar-refractivity contribution in [2.24, 2.45) is 5.92 Å². The number of halogens is 1. The molecule has 5 heterocycles. The van der Waals surface area contributed by atoms with Crippen LogP contribution in [0, 0.1) is 5.92 Å². The summed E-state index contributed by atoms with van der Waals surface area (Å²) in [6, 6.07) is 3.70. The van der Waals surface area contributed by atoms with Gasteiger partial charge < -0.3 is 20.2 Å². The number of aliphatic hydroxyl groups excluding tert-OH is 1. The molecular formula is C26H34FN7O3S. The highest BCUT2D eigenvalue weighted by molar-refractivity contribution is 7.90. The summed E-state index contributed by atoms with van der Waals surface area (Å²) in [5.74, 6) is 2.84. The van der Waals surface area contributed by atoms with Crippen molar-refractivity contribution < 1.29 is 17.9 Å². The molecule has 2 aliphatic heterocycles. The van der Waals surface area contributed by atoms with E-state index in [9.17, 15) is 17.9 Å². The molecule has 0 unspecified atom stereocenters. The molecular weight excluding hydrogens is 509 g/mol. The predicted octanol–water partition coefficient (Wildman–Crippen LogP) is 3.07. The summed E-state index contributed by atoms with van der Waals surface area (Å²) in [5, 5.41) is 15.1. The number of piperidine rings is 1. The number of hydrogen-bond donors (Lipinski definition) is 2. The molecule has 38 heavy (non-hydrogen) atoms. The van der Waals surface area contributed by atoms with Crippen molar-refractivity contribution in [3.05, 3.63) is 36.3 Å². The van der Waals surface area contributed by atoms with Gasteiger partial charge in [-0.05, 0) is 42.3 Å². The first-order valence-corrected chi connectivity index (χ1v) is 14.9. The lowest BCUT2D eigenvalue weighted by Gasteiger charge is -2.40. The highest BCUT2D eigenvalue weighted by Gasteiger charge is 2.39. The standard InChI is InChI=1S/C26H34FN7O3S/c1-16(2)19-10-30-24(34-12-17(13-34)14-38(4,36)37)20-11-29-23(9-18(19)20)31-22-5-7-28-25(32-22)33-8-6-21(35)26(3,27)15-33/h5,7,9-11,16-17,21,35H,6,8,12-15H2,1-4H3,(H,28,29,31,32)/t21-,26+/m1/s1. The molecule has 0 radical (unpaired) electrons. The Kier molecular flexibility index (Phi) is 6.89. The molecule has 2 N–H and O–H groups in total. The van der Waals surface area contributed by atoms with Crippen LogP contribution in [0.15, 0.2) is 30.7 Å². The summed E-state index contributed by atoms with van der Waals surface area (Å²) in [6.07, 6.45) is 5.87. The van der Waals surface area contributed by atoms with Gasteiger partial charge in [-0.3, -0.25) is 0 Å². The summed E-state index contributed by atoms with van der Waals surface area (Å²) >= 11 is 0. The van der Waals surface area contributed by atoms with Crippen LogP contribution in [0.1, 0.15) is 38.7 Å². The van der Waals surface area contributed by atoms with Crippen LogP contribution in [0.2, 0.25) is 0 Å². The molecule has 3 aromatic rings. The highest BCUT2D eigenvalue weighted by Crippen LogP contribution is 2.35. The van der Waals surface area contributed by atoms with Crippen molar-refractivity contribution in [3.8, 4) is 0 Å². The summed E-state index contributed by atoms with van der Waals surface area (Å²) in [7, 11) is -3.02. The second kappa shape index (κ2) is 9.88. The number of fused-ring (bicyclic) bond motifs is 1. The molecule has 0 saturated carbocycles. The van der Waals surface area contributed by atoms with E-state index in [0.29, 0.717) is 43.6 Å². The van der Waals surface area contributed by atoms with E-state index in [2.05, 4.69) is 39.0 Å². The average molecular weight is 544 g/mol. The van der Waals surface area contributed by atoms with Gasteiger partial charge in [0, 0.05) is 55.8 Å². The first kappa shape index (κ1) is 26.5. The fraction of sp³-hybridized carbons (Fsp3) is 0.538. The molecule has 5 rings (SSSR count).